The van der Waals surface area contributed by atoms with Gasteiger partial charge in [-0.05, 0) is 57.4 Å². The van der Waals surface area contributed by atoms with E-state index in [1.807, 2.05) is 26.0 Å². The molecule has 2 N–H and O–H groups in total. The summed E-state index contributed by atoms with van der Waals surface area (Å²) < 4.78 is 6.47. The van der Waals surface area contributed by atoms with Crippen LogP contribution >= 0.6 is 15.9 Å². The van der Waals surface area contributed by atoms with Crippen LogP contribution < -0.4 is 0 Å². The molecule has 2 aromatic rings. The van der Waals surface area contributed by atoms with E-state index in [4.69, 9.17) is 4.74 Å². The number of aryl methyl sites for hydroxylation is 1. The van der Waals surface area contributed by atoms with Crippen molar-refractivity contribution < 1.29 is 14.6 Å². The summed E-state index contributed by atoms with van der Waals surface area (Å²) >= 11 is 3.51. The number of rotatable bonds is 4. The fourth-order valence-electron chi connectivity index (χ4n) is 3.42. The standard InChI is InChI=1S/C18H23BrN2O3/c1-5-17(3)18(4,23)21(16(22)24-17)9-8-13-11(2)20-15-7-6-12(19)10-14(13)15/h6-7,10,20,23H,5,8-9H2,1-4H3/t17-,18+/m1/s1. The SMILES string of the molecule is CC[C@@]1(C)OC(=O)N(CCc2c(C)[nH]c3ccc(Br)cc23)[C@@]1(C)O. The molecule has 1 aromatic carbocycles. The van der Waals surface area contributed by atoms with E-state index in [0.717, 1.165) is 26.6 Å². The molecule has 0 unspecified atom stereocenters. The van der Waals surface area contributed by atoms with Crippen molar-refractivity contribution in [3.63, 3.8) is 0 Å². The lowest BCUT2D eigenvalue weighted by molar-refractivity contribution is -0.137. The average Bonchev–Trinajstić information content (AvgIpc) is 2.90. The van der Waals surface area contributed by atoms with Crippen LogP contribution in [0.3, 0.4) is 0 Å². The van der Waals surface area contributed by atoms with Gasteiger partial charge in [0.15, 0.2) is 11.3 Å². The van der Waals surface area contributed by atoms with Gasteiger partial charge in [0, 0.05) is 27.6 Å². The first kappa shape index (κ1) is 17.3. The molecule has 130 valence electrons. The number of cyclic esters (lactones) is 1. The minimum Gasteiger partial charge on any atom is -0.438 e. The molecular weight excluding hydrogens is 372 g/mol. The van der Waals surface area contributed by atoms with Gasteiger partial charge in [-0.1, -0.05) is 22.9 Å². The van der Waals surface area contributed by atoms with Gasteiger partial charge < -0.3 is 14.8 Å². The second-order valence-corrected chi connectivity index (χ2v) is 7.71. The molecule has 6 heteroatoms. The van der Waals surface area contributed by atoms with Crippen molar-refractivity contribution in [1.82, 2.24) is 9.88 Å². The van der Waals surface area contributed by atoms with Crippen LogP contribution in [0.5, 0.6) is 0 Å². The number of carbonyl (C=O) groups excluding carboxylic acids is 1. The maximum atomic E-state index is 12.3. The first-order chi connectivity index (χ1) is 11.2. The quantitative estimate of drug-likeness (QED) is 0.819. The van der Waals surface area contributed by atoms with E-state index in [1.165, 1.54) is 4.90 Å². The number of halogens is 1. The van der Waals surface area contributed by atoms with Crippen LogP contribution in [-0.2, 0) is 11.2 Å². The monoisotopic (exact) mass is 394 g/mol. The molecule has 1 fully saturated rings. The molecule has 1 saturated heterocycles. The van der Waals surface area contributed by atoms with Crippen LogP contribution in [0.2, 0.25) is 0 Å². The first-order valence-electron chi connectivity index (χ1n) is 8.19. The molecular formula is C18H23BrN2O3. The highest BCUT2D eigenvalue weighted by atomic mass is 79.9. The normalized spacial score (nSPS) is 27.1. The topological polar surface area (TPSA) is 65.6 Å². The second kappa shape index (κ2) is 5.77. The lowest BCUT2D eigenvalue weighted by atomic mass is 9.90. The molecule has 0 saturated carbocycles. The number of aromatic amines is 1. The summed E-state index contributed by atoms with van der Waals surface area (Å²) in [6, 6.07) is 6.10. The Morgan fingerprint density at radius 3 is 2.71 bits per heavy atom. The molecule has 1 aromatic heterocycles. The number of nitrogens with zero attached hydrogens (tertiary/aromatic N) is 1. The predicted octanol–water partition coefficient (Wildman–Crippen LogP) is 4.11. The van der Waals surface area contributed by atoms with Crippen LogP contribution in [0.15, 0.2) is 22.7 Å². The molecule has 0 radical (unpaired) electrons. The van der Waals surface area contributed by atoms with Crippen molar-refractivity contribution in [3.05, 3.63) is 33.9 Å². The number of hydrogen-bond acceptors (Lipinski definition) is 3. The summed E-state index contributed by atoms with van der Waals surface area (Å²) in [5, 5.41) is 12.0. The van der Waals surface area contributed by atoms with Gasteiger partial charge in [0.1, 0.15) is 0 Å². The smallest absolute Gasteiger partial charge is 0.412 e. The van der Waals surface area contributed by atoms with Crippen LogP contribution in [0.1, 0.15) is 38.4 Å². The largest absolute Gasteiger partial charge is 0.438 e. The Morgan fingerprint density at radius 1 is 1.38 bits per heavy atom. The van der Waals surface area contributed by atoms with Gasteiger partial charge in [-0.25, -0.2) is 4.79 Å². The van der Waals surface area contributed by atoms with Crippen molar-refractivity contribution in [1.29, 1.82) is 0 Å². The number of fused-ring (bicyclic) bond motifs is 1. The molecule has 5 nitrogen and oxygen atoms in total. The van der Waals surface area contributed by atoms with Crippen molar-refractivity contribution in [2.45, 2.75) is 51.9 Å². The number of ether oxygens (including phenoxy) is 1. The first-order valence-corrected chi connectivity index (χ1v) is 8.98. The lowest BCUT2D eigenvalue weighted by Crippen LogP contribution is -2.55. The molecule has 1 amide bonds. The Bertz CT molecular complexity index is 799. The van der Waals surface area contributed by atoms with Gasteiger partial charge in [-0.2, -0.15) is 0 Å². The zero-order chi connectivity index (χ0) is 17.7. The molecule has 2 heterocycles. The molecule has 1 aliphatic heterocycles. The van der Waals surface area contributed by atoms with Gasteiger partial charge >= 0.3 is 6.09 Å². The van der Waals surface area contributed by atoms with E-state index in [0.29, 0.717) is 19.4 Å². The highest BCUT2D eigenvalue weighted by molar-refractivity contribution is 9.10. The van der Waals surface area contributed by atoms with E-state index >= 15 is 0 Å². The predicted molar refractivity (Wildman–Crippen MR) is 96.9 cm³/mol. The number of benzene rings is 1. The number of nitrogens with one attached hydrogen (secondary N) is 1. The van der Waals surface area contributed by atoms with Gasteiger partial charge in [-0.15, -0.1) is 0 Å². The lowest BCUT2D eigenvalue weighted by Gasteiger charge is -2.36. The van der Waals surface area contributed by atoms with E-state index in [-0.39, 0.29) is 0 Å². The summed E-state index contributed by atoms with van der Waals surface area (Å²) in [6.45, 7) is 7.77. The fourth-order valence-corrected chi connectivity index (χ4v) is 3.79. The second-order valence-electron chi connectivity index (χ2n) is 6.79. The van der Waals surface area contributed by atoms with Crippen LogP contribution in [0.25, 0.3) is 10.9 Å². The third-order valence-electron chi connectivity index (χ3n) is 5.40. The minimum atomic E-state index is -1.32. The van der Waals surface area contributed by atoms with Crippen LogP contribution in [0.4, 0.5) is 4.79 Å². The summed E-state index contributed by atoms with van der Waals surface area (Å²) in [6.07, 6.45) is 0.747. The summed E-state index contributed by atoms with van der Waals surface area (Å²) in [7, 11) is 0. The van der Waals surface area contributed by atoms with E-state index < -0.39 is 17.4 Å². The van der Waals surface area contributed by atoms with Gasteiger partial charge in [-0.3, -0.25) is 4.90 Å². The summed E-state index contributed by atoms with van der Waals surface area (Å²) in [4.78, 5) is 17.1. The number of carbonyl (C=O) groups is 1. The molecule has 0 bridgehead atoms. The zero-order valence-corrected chi connectivity index (χ0v) is 16.0. The van der Waals surface area contributed by atoms with Crippen molar-refractivity contribution in [2.75, 3.05) is 6.54 Å². The third-order valence-corrected chi connectivity index (χ3v) is 5.90. The summed E-state index contributed by atoms with van der Waals surface area (Å²) in [5.74, 6) is 0. The van der Waals surface area contributed by atoms with Gasteiger partial charge in [0.2, 0.25) is 0 Å². The van der Waals surface area contributed by atoms with Crippen LogP contribution in [-0.4, -0.2) is 39.0 Å². The molecule has 3 rings (SSSR count). The van der Waals surface area contributed by atoms with Crippen LogP contribution in [0, 0.1) is 6.92 Å². The molecule has 0 aliphatic carbocycles. The molecule has 24 heavy (non-hydrogen) atoms. The van der Waals surface area contributed by atoms with Gasteiger partial charge in [0.05, 0.1) is 0 Å². The Kier molecular flexibility index (Phi) is 4.16. The fraction of sp³-hybridized carbons (Fsp3) is 0.500. The highest BCUT2D eigenvalue weighted by Crippen LogP contribution is 2.39. The van der Waals surface area contributed by atoms with Crippen molar-refractivity contribution in [3.8, 4) is 0 Å². The molecule has 2 atom stereocenters. The zero-order valence-electron chi connectivity index (χ0n) is 14.4. The number of hydrogen-bond donors (Lipinski definition) is 2. The number of amides is 1. The number of H-pyrrole nitrogens is 1. The molecule has 1 aliphatic rings. The highest BCUT2D eigenvalue weighted by Gasteiger charge is 2.58. The Hall–Kier alpha value is -1.53. The maximum Gasteiger partial charge on any atom is 0.412 e. The Balaban J connectivity index is 1.88. The average molecular weight is 395 g/mol. The minimum absolute atomic E-state index is 0.404. The van der Waals surface area contributed by atoms with Crippen molar-refractivity contribution >= 4 is 32.9 Å². The number of aromatic nitrogens is 1. The summed E-state index contributed by atoms with van der Waals surface area (Å²) in [5.41, 5.74) is 1.09. The Labute approximate surface area is 150 Å². The molecule has 0 spiro atoms. The van der Waals surface area contributed by atoms with E-state index in [9.17, 15) is 9.90 Å². The third kappa shape index (κ3) is 2.52. The van der Waals surface area contributed by atoms with Crippen molar-refractivity contribution in [2.24, 2.45) is 0 Å². The maximum absolute atomic E-state index is 12.3. The van der Waals surface area contributed by atoms with Gasteiger partial charge in [0.25, 0.3) is 0 Å². The Morgan fingerprint density at radius 2 is 2.08 bits per heavy atom. The van der Waals surface area contributed by atoms with E-state index in [2.05, 4.69) is 27.0 Å². The van der Waals surface area contributed by atoms with E-state index in [1.54, 1.807) is 13.8 Å². The number of aliphatic hydroxyl groups is 1.